The van der Waals surface area contributed by atoms with Crippen LogP contribution < -0.4 is 10.2 Å². The van der Waals surface area contributed by atoms with Crippen molar-refractivity contribution in [3.05, 3.63) is 11.2 Å². The van der Waals surface area contributed by atoms with Gasteiger partial charge in [-0.2, -0.15) is 0 Å². The molecule has 2 aromatic heterocycles. The van der Waals surface area contributed by atoms with Crippen molar-refractivity contribution in [1.29, 1.82) is 0 Å². The number of anilines is 1. The number of hydrogen-bond acceptors (Lipinski definition) is 8. The highest BCUT2D eigenvalue weighted by Crippen LogP contribution is 2.28. The van der Waals surface area contributed by atoms with Crippen LogP contribution in [0.15, 0.2) is 5.38 Å². The molecule has 0 aromatic carbocycles. The van der Waals surface area contributed by atoms with Crippen LogP contribution in [0, 0.1) is 0 Å². The van der Waals surface area contributed by atoms with E-state index in [1.165, 1.54) is 0 Å². The van der Waals surface area contributed by atoms with E-state index in [1.807, 2.05) is 0 Å². The molecule has 1 fully saturated rings. The quantitative estimate of drug-likeness (QED) is 0.852. The van der Waals surface area contributed by atoms with E-state index < -0.39 is 0 Å². The van der Waals surface area contributed by atoms with E-state index in [1.54, 1.807) is 18.4 Å². The van der Waals surface area contributed by atoms with E-state index in [2.05, 4.69) is 30.4 Å². The number of hydrogen-bond donors (Lipinski definition) is 1. The van der Waals surface area contributed by atoms with Crippen LogP contribution in [0.2, 0.25) is 0 Å². The van der Waals surface area contributed by atoms with Gasteiger partial charge < -0.3 is 24.3 Å². The van der Waals surface area contributed by atoms with Crippen LogP contribution in [0.25, 0.3) is 11.5 Å². The first-order valence-corrected chi connectivity index (χ1v) is 9.17. The maximum absolute atomic E-state index is 5.81. The van der Waals surface area contributed by atoms with Crippen molar-refractivity contribution in [2.45, 2.75) is 25.6 Å². The monoisotopic (exact) mass is 350 g/mol. The number of fused-ring (bicyclic) bond motifs is 1. The second-order valence-corrected chi connectivity index (χ2v) is 6.84. The maximum Gasteiger partial charge on any atom is 0.186 e. The van der Waals surface area contributed by atoms with E-state index >= 15 is 0 Å². The molecule has 2 aliphatic heterocycles. The molecular formula is C15H22N6O2S. The minimum atomic E-state index is 0.206. The lowest BCUT2D eigenvalue weighted by molar-refractivity contribution is 0.0191. The van der Waals surface area contributed by atoms with E-state index in [4.69, 9.17) is 14.5 Å². The van der Waals surface area contributed by atoms with E-state index in [9.17, 15) is 0 Å². The van der Waals surface area contributed by atoms with Crippen LogP contribution in [-0.4, -0.2) is 65.8 Å². The van der Waals surface area contributed by atoms with Gasteiger partial charge in [0.2, 0.25) is 0 Å². The molecule has 1 saturated heterocycles. The number of nitrogens with zero attached hydrogens (tertiary/aromatic N) is 5. The second kappa shape index (κ2) is 7.14. The SMILES string of the molecule is COCCC1CN(c2nc(-c3nnc4n3CCNC4)cs2)CCO1. The average Bonchev–Trinajstić information content (AvgIpc) is 3.27. The van der Waals surface area contributed by atoms with Gasteiger partial charge in [0.05, 0.1) is 19.3 Å². The minimum absolute atomic E-state index is 0.206. The summed E-state index contributed by atoms with van der Waals surface area (Å²) in [6, 6.07) is 0. The number of nitrogens with one attached hydrogen (secondary N) is 1. The molecule has 0 bridgehead atoms. The molecule has 8 nitrogen and oxygen atoms in total. The van der Waals surface area contributed by atoms with Gasteiger partial charge in [-0.1, -0.05) is 0 Å². The topological polar surface area (TPSA) is 77.3 Å². The lowest BCUT2D eigenvalue weighted by Gasteiger charge is -2.32. The summed E-state index contributed by atoms with van der Waals surface area (Å²) < 4.78 is 13.1. The fraction of sp³-hybridized carbons (Fsp3) is 0.667. The van der Waals surface area contributed by atoms with Crippen molar-refractivity contribution in [2.75, 3.05) is 44.9 Å². The van der Waals surface area contributed by atoms with Gasteiger partial charge in [-0.05, 0) is 6.42 Å². The van der Waals surface area contributed by atoms with Crippen LogP contribution >= 0.6 is 11.3 Å². The Morgan fingerprint density at radius 2 is 2.38 bits per heavy atom. The summed E-state index contributed by atoms with van der Waals surface area (Å²) in [6.45, 7) is 5.79. The van der Waals surface area contributed by atoms with Crippen molar-refractivity contribution in [1.82, 2.24) is 25.1 Å². The molecule has 9 heteroatoms. The Kier molecular flexibility index (Phi) is 4.74. The van der Waals surface area contributed by atoms with Gasteiger partial charge in [-0.25, -0.2) is 4.98 Å². The molecule has 130 valence electrons. The lowest BCUT2D eigenvalue weighted by Crippen LogP contribution is -2.42. The fourth-order valence-corrected chi connectivity index (χ4v) is 3.95. The summed E-state index contributed by atoms with van der Waals surface area (Å²) in [4.78, 5) is 7.11. The van der Waals surface area contributed by atoms with Gasteiger partial charge in [0.15, 0.2) is 11.0 Å². The van der Waals surface area contributed by atoms with E-state index in [-0.39, 0.29) is 6.10 Å². The Bertz CT molecular complexity index is 687. The van der Waals surface area contributed by atoms with Gasteiger partial charge in [0, 0.05) is 45.3 Å². The Morgan fingerprint density at radius 3 is 3.29 bits per heavy atom. The summed E-state index contributed by atoms with van der Waals surface area (Å²) in [5.74, 6) is 1.86. The normalized spacial score (nSPS) is 21.0. The van der Waals surface area contributed by atoms with Crippen LogP contribution in [-0.2, 0) is 22.6 Å². The molecule has 2 aromatic rings. The summed E-state index contributed by atoms with van der Waals surface area (Å²) in [7, 11) is 1.72. The molecular weight excluding hydrogens is 328 g/mol. The van der Waals surface area contributed by atoms with Crippen LogP contribution in [0.3, 0.4) is 0 Å². The smallest absolute Gasteiger partial charge is 0.186 e. The first-order chi connectivity index (χ1) is 11.8. The summed E-state index contributed by atoms with van der Waals surface area (Å²) in [5, 5.41) is 15.0. The lowest BCUT2D eigenvalue weighted by atomic mass is 10.2. The zero-order valence-electron chi connectivity index (χ0n) is 13.8. The molecule has 4 heterocycles. The van der Waals surface area contributed by atoms with Gasteiger partial charge >= 0.3 is 0 Å². The minimum Gasteiger partial charge on any atom is -0.385 e. The summed E-state index contributed by atoms with van der Waals surface area (Å²) in [6.07, 6.45) is 1.12. The number of thiazole rings is 1. The molecule has 0 saturated carbocycles. The highest BCUT2D eigenvalue weighted by Gasteiger charge is 2.24. The molecule has 1 unspecified atom stereocenters. The van der Waals surface area contributed by atoms with E-state index in [0.29, 0.717) is 0 Å². The van der Waals surface area contributed by atoms with Crippen LogP contribution in [0.4, 0.5) is 5.13 Å². The Labute approximate surface area is 144 Å². The highest BCUT2D eigenvalue weighted by atomic mass is 32.1. The van der Waals surface area contributed by atoms with Crippen LogP contribution in [0.1, 0.15) is 12.2 Å². The predicted octanol–water partition coefficient (Wildman–Crippen LogP) is 0.746. The molecule has 0 radical (unpaired) electrons. The van der Waals surface area contributed by atoms with Crippen molar-refractivity contribution in [3.63, 3.8) is 0 Å². The van der Waals surface area contributed by atoms with Gasteiger partial charge in [-0.15, -0.1) is 21.5 Å². The van der Waals surface area contributed by atoms with Crippen molar-refractivity contribution in [3.8, 4) is 11.5 Å². The molecule has 0 amide bonds. The number of aromatic nitrogens is 4. The molecule has 0 aliphatic carbocycles. The van der Waals surface area contributed by atoms with Crippen molar-refractivity contribution in [2.24, 2.45) is 0 Å². The zero-order valence-corrected chi connectivity index (χ0v) is 14.6. The predicted molar refractivity (Wildman–Crippen MR) is 91.3 cm³/mol. The van der Waals surface area contributed by atoms with Gasteiger partial charge in [0.25, 0.3) is 0 Å². The molecule has 4 rings (SSSR count). The summed E-state index contributed by atoms with van der Waals surface area (Å²) >= 11 is 1.66. The second-order valence-electron chi connectivity index (χ2n) is 6.00. The molecule has 2 aliphatic rings. The Balaban J connectivity index is 1.49. The highest BCUT2D eigenvalue weighted by molar-refractivity contribution is 7.14. The number of rotatable bonds is 5. The molecule has 24 heavy (non-hydrogen) atoms. The molecule has 0 spiro atoms. The molecule has 1 N–H and O–H groups in total. The third-order valence-corrected chi connectivity index (χ3v) is 5.30. The maximum atomic E-state index is 5.81. The number of ether oxygens (including phenoxy) is 2. The van der Waals surface area contributed by atoms with Crippen molar-refractivity contribution >= 4 is 16.5 Å². The average molecular weight is 350 g/mol. The Morgan fingerprint density at radius 1 is 1.42 bits per heavy atom. The first-order valence-electron chi connectivity index (χ1n) is 8.29. The van der Waals surface area contributed by atoms with Gasteiger partial charge in [-0.3, -0.25) is 0 Å². The molecule has 1 atom stereocenters. The fourth-order valence-electron chi connectivity index (χ4n) is 3.11. The summed E-state index contributed by atoms with van der Waals surface area (Å²) in [5.41, 5.74) is 0.913. The standard InChI is InChI=1S/C15H22N6O2S/c1-22-6-2-11-9-20(5-7-23-11)15-17-12(10-24-15)14-19-18-13-8-16-3-4-21(13)14/h10-11,16H,2-9H2,1H3. The van der Waals surface area contributed by atoms with Gasteiger partial charge in [0.1, 0.15) is 11.5 Å². The third kappa shape index (κ3) is 3.16. The van der Waals surface area contributed by atoms with Crippen LogP contribution in [0.5, 0.6) is 0 Å². The van der Waals surface area contributed by atoms with Crippen molar-refractivity contribution < 1.29 is 9.47 Å². The van der Waals surface area contributed by atoms with E-state index in [0.717, 1.165) is 74.8 Å². The largest absolute Gasteiger partial charge is 0.385 e. The third-order valence-electron chi connectivity index (χ3n) is 4.40. The zero-order chi connectivity index (χ0) is 16.4. The first kappa shape index (κ1) is 15.9. The number of morpholine rings is 1. The Hall–Kier alpha value is -1.55. The number of methoxy groups -OCH3 is 1.